The predicted octanol–water partition coefficient (Wildman–Crippen LogP) is 2.01. The zero-order valence-electron chi connectivity index (χ0n) is 13.0. The van der Waals surface area contributed by atoms with Gasteiger partial charge in [-0.25, -0.2) is 9.59 Å². The van der Waals surface area contributed by atoms with Gasteiger partial charge in [-0.2, -0.15) is 0 Å². The number of carboxylic acid groups (broad SMARTS) is 1. The number of nitrogens with one attached hydrogen (secondary N) is 1. The Kier molecular flexibility index (Phi) is 6.24. The Balaban J connectivity index is 1.86. The van der Waals surface area contributed by atoms with Gasteiger partial charge >= 0.3 is 12.0 Å². The summed E-state index contributed by atoms with van der Waals surface area (Å²) >= 11 is 0. The number of carbonyl (C=O) groups excluding carboxylic acids is 1. The van der Waals surface area contributed by atoms with Crippen LogP contribution in [-0.4, -0.2) is 53.8 Å². The highest BCUT2D eigenvalue weighted by Crippen LogP contribution is 2.27. The number of carboxylic acids is 1. The van der Waals surface area contributed by atoms with Gasteiger partial charge in [-0.3, -0.25) is 0 Å². The molecule has 0 aromatic rings. The normalized spacial score (nSPS) is 24.0. The number of ether oxygens (including phenoxy) is 1. The predicted molar refractivity (Wildman–Crippen MR) is 82.7 cm³/mol. The maximum atomic E-state index is 12.3. The first kappa shape index (κ1) is 16.8. The third-order valence-corrected chi connectivity index (χ3v) is 4.55. The van der Waals surface area contributed by atoms with Gasteiger partial charge in [0.05, 0.1) is 12.7 Å². The summed E-state index contributed by atoms with van der Waals surface area (Å²) in [5.74, 6) is -0.885. The van der Waals surface area contributed by atoms with Crippen LogP contribution in [-0.2, 0) is 9.53 Å². The molecule has 1 aliphatic carbocycles. The fourth-order valence-electron chi connectivity index (χ4n) is 3.33. The number of urea groups is 1. The average molecular weight is 310 g/mol. The van der Waals surface area contributed by atoms with Gasteiger partial charge in [-0.15, -0.1) is 6.58 Å². The third kappa shape index (κ3) is 4.47. The van der Waals surface area contributed by atoms with Crippen molar-refractivity contribution >= 4 is 12.0 Å². The summed E-state index contributed by atoms with van der Waals surface area (Å²) in [6.07, 6.45) is 7.49. The molecule has 2 atom stereocenters. The standard InChI is InChI=1S/C16H26N2O4/c1-2-10-22-13-8-9-18(11-13)16(21)17-14(15(19)20)12-6-4-3-5-7-12/h2,12-14H,1,3-11H2,(H,17,21)(H,19,20)/t13-,14-/m0/s1. The monoisotopic (exact) mass is 310 g/mol. The average Bonchev–Trinajstić information content (AvgIpc) is 3.00. The molecule has 6 heteroatoms. The molecule has 0 radical (unpaired) electrons. The van der Waals surface area contributed by atoms with Gasteiger partial charge in [-0.1, -0.05) is 25.3 Å². The lowest BCUT2D eigenvalue weighted by Crippen LogP contribution is -2.51. The molecule has 1 heterocycles. The van der Waals surface area contributed by atoms with Crippen molar-refractivity contribution in [3.05, 3.63) is 12.7 Å². The van der Waals surface area contributed by atoms with Crippen LogP contribution in [0.25, 0.3) is 0 Å². The molecule has 0 aromatic heterocycles. The molecule has 6 nitrogen and oxygen atoms in total. The molecule has 1 aliphatic heterocycles. The second-order valence-corrected chi connectivity index (χ2v) is 6.14. The Labute approximate surface area is 131 Å². The van der Waals surface area contributed by atoms with E-state index < -0.39 is 12.0 Å². The van der Waals surface area contributed by atoms with Crippen molar-refractivity contribution in [2.75, 3.05) is 19.7 Å². The smallest absolute Gasteiger partial charge is 0.326 e. The Morgan fingerprint density at radius 1 is 1.32 bits per heavy atom. The quantitative estimate of drug-likeness (QED) is 0.736. The van der Waals surface area contributed by atoms with E-state index in [9.17, 15) is 14.7 Å². The van der Waals surface area contributed by atoms with Gasteiger partial charge in [0.25, 0.3) is 0 Å². The van der Waals surface area contributed by atoms with Gasteiger partial charge in [0, 0.05) is 13.1 Å². The number of nitrogens with zero attached hydrogens (tertiary/aromatic N) is 1. The van der Waals surface area contributed by atoms with E-state index in [4.69, 9.17) is 4.74 Å². The minimum absolute atomic E-state index is 0.0155. The van der Waals surface area contributed by atoms with E-state index in [0.717, 1.165) is 38.5 Å². The van der Waals surface area contributed by atoms with E-state index in [-0.39, 0.29) is 18.1 Å². The van der Waals surface area contributed by atoms with Gasteiger partial charge < -0.3 is 20.1 Å². The Hall–Kier alpha value is -1.56. The summed E-state index contributed by atoms with van der Waals surface area (Å²) in [4.78, 5) is 25.4. The summed E-state index contributed by atoms with van der Waals surface area (Å²) in [5.41, 5.74) is 0. The van der Waals surface area contributed by atoms with Crippen LogP contribution in [0.15, 0.2) is 12.7 Å². The fourth-order valence-corrected chi connectivity index (χ4v) is 3.33. The first-order valence-corrected chi connectivity index (χ1v) is 8.12. The molecule has 1 saturated carbocycles. The highest BCUT2D eigenvalue weighted by Gasteiger charge is 2.34. The Morgan fingerprint density at radius 2 is 2.05 bits per heavy atom. The second kappa shape index (κ2) is 8.17. The highest BCUT2D eigenvalue weighted by molar-refractivity contribution is 5.83. The topological polar surface area (TPSA) is 78.9 Å². The molecule has 2 aliphatic rings. The van der Waals surface area contributed by atoms with Crippen molar-refractivity contribution in [1.82, 2.24) is 10.2 Å². The molecule has 0 bridgehead atoms. The van der Waals surface area contributed by atoms with Crippen LogP contribution in [0.1, 0.15) is 38.5 Å². The zero-order chi connectivity index (χ0) is 15.9. The Bertz CT molecular complexity index is 407. The first-order valence-electron chi connectivity index (χ1n) is 8.12. The Morgan fingerprint density at radius 3 is 2.68 bits per heavy atom. The maximum Gasteiger partial charge on any atom is 0.326 e. The van der Waals surface area contributed by atoms with E-state index in [1.807, 2.05) is 0 Å². The number of likely N-dealkylation sites (tertiary alicyclic amines) is 1. The lowest BCUT2D eigenvalue weighted by molar-refractivity contribution is -0.141. The van der Waals surface area contributed by atoms with Crippen molar-refractivity contribution in [2.45, 2.75) is 50.7 Å². The van der Waals surface area contributed by atoms with Crippen molar-refractivity contribution < 1.29 is 19.4 Å². The van der Waals surface area contributed by atoms with E-state index in [2.05, 4.69) is 11.9 Å². The molecule has 22 heavy (non-hydrogen) atoms. The van der Waals surface area contributed by atoms with Crippen LogP contribution >= 0.6 is 0 Å². The van der Waals surface area contributed by atoms with E-state index in [0.29, 0.717) is 19.7 Å². The molecular formula is C16H26N2O4. The van der Waals surface area contributed by atoms with Crippen molar-refractivity contribution in [2.24, 2.45) is 5.92 Å². The molecular weight excluding hydrogens is 284 g/mol. The molecule has 2 fully saturated rings. The van der Waals surface area contributed by atoms with Crippen LogP contribution in [0.3, 0.4) is 0 Å². The summed E-state index contributed by atoms with van der Waals surface area (Å²) in [7, 11) is 0. The summed E-state index contributed by atoms with van der Waals surface area (Å²) < 4.78 is 5.55. The van der Waals surface area contributed by atoms with Crippen molar-refractivity contribution in [3.8, 4) is 0 Å². The van der Waals surface area contributed by atoms with E-state index in [1.54, 1.807) is 11.0 Å². The molecule has 2 amide bonds. The summed E-state index contributed by atoms with van der Waals surface area (Å²) in [6, 6.07) is -1.07. The van der Waals surface area contributed by atoms with Crippen LogP contribution in [0.4, 0.5) is 4.79 Å². The van der Waals surface area contributed by atoms with Crippen LogP contribution in [0.5, 0.6) is 0 Å². The number of carbonyl (C=O) groups is 2. The molecule has 0 unspecified atom stereocenters. The first-order chi connectivity index (χ1) is 10.6. The van der Waals surface area contributed by atoms with Crippen molar-refractivity contribution in [3.63, 3.8) is 0 Å². The minimum Gasteiger partial charge on any atom is -0.480 e. The van der Waals surface area contributed by atoms with Gasteiger partial charge in [0.1, 0.15) is 6.04 Å². The second-order valence-electron chi connectivity index (χ2n) is 6.14. The minimum atomic E-state index is -0.932. The molecule has 2 N–H and O–H groups in total. The molecule has 1 saturated heterocycles. The van der Waals surface area contributed by atoms with Gasteiger partial charge in [0.2, 0.25) is 0 Å². The molecule has 124 valence electrons. The number of hydrogen-bond acceptors (Lipinski definition) is 3. The third-order valence-electron chi connectivity index (χ3n) is 4.55. The summed E-state index contributed by atoms with van der Waals surface area (Å²) in [6.45, 7) is 5.19. The molecule has 0 aromatic carbocycles. The van der Waals surface area contributed by atoms with Crippen LogP contribution in [0.2, 0.25) is 0 Å². The largest absolute Gasteiger partial charge is 0.480 e. The number of amides is 2. The summed E-state index contributed by atoms with van der Waals surface area (Å²) in [5, 5.41) is 12.1. The van der Waals surface area contributed by atoms with Crippen molar-refractivity contribution in [1.29, 1.82) is 0 Å². The van der Waals surface area contributed by atoms with Crippen LogP contribution < -0.4 is 5.32 Å². The number of hydrogen-bond donors (Lipinski definition) is 2. The molecule has 0 spiro atoms. The number of aliphatic carboxylic acids is 1. The molecule has 2 rings (SSSR count). The maximum absolute atomic E-state index is 12.3. The zero-order valence-corrected chi connectivity index (χ0v) is 13.0. The highest BCUT2D eigenvalue weighted by atomic mass is 16.5. The fraction of sp³-hybridized carbons (Fsp3) is 0.750. The lowest BCUT2D eigenvalue weighted by atomic mass is 9.84. The van der Waals surface area contributed by atoms with Gasteiger partial charge in [-0.05, 0) is 25.2 Å². The lowest BCUT2D eigenvalue weighted by Gasteiger charge is -2.29. The van der Waals surface area contributed by atoms with E-state index >= 15 is 0 Å². The van der Waals surface area contributed by atoms with E-state index in [1.165, 1.54) is 0 Å². The van der Waals surface area contributed by atoms with Crippen LogP contribution in [0, 0.1) is 5.92 Å². The number of rotatable bonds is 6. The van der Waals surface area contributed by atoms with Gasteiger partial charge in [0.15, 0.2) is 0 Å². The SMILES string of the molecule is C=CCO[C@H]1CCN(C(=O)N[C@H](C(=O)O)C2CCCCC2)C1.